The number of aryl methyl sites for hydroxylation is 1. The van der Waals surface area contributed by atoms with Crippen molar-refractivity contribution in [3.05, 3.63) is 131 Å². The largest absolute Gasteiger partial charge is 0.508 e. The number of hydrogen-bond donors (Lipinski definition) is 1. The lowest BCUT2D eigenvalue weighted by Crippen LogP contribution is -2.02. The fraction of sp³-hybridized carbons (Fsp3) is 0.243. The van der Waals surface area contributed by atoms with Crippen LogP contribution in [0.4, 0.5) is 0 Å². The fourth-order valence-electron chi connectivity index (χ4n) is 4.96. The Balaban J connectivity index is 1.24. The van der Waals surface area contributed by atoms with Gasteiger partial charge in [-0.1, -0.05) is 98.3 Å². The van der Waals surface area contributed by atoms with Gasteiger partial charge in [0.2, 0.25) is 0 Å². The molecule has 0 spiro atoms. The minimum atomic E-state index is 0.321. The molecule has 4 nitrogen and oxygen atoms in total. The van der Waals surface area contributed by atoms with Gasteiger partial charge in [0.25, 0.3) is 0 Å². The zero-order valence-electron chi connectivity index (χ0n) is 23.7. The third-order valence-electron chi connectivity index (χ3n) is 7.17. The Bertz CT molecular complexity index is 1530. The molecular formula is C37H38O4. The predicted octanol–water partition coefficient (Wildman–Crippen LogP) is 9.06. The summed E-state index contributed by atoms with van der Waals surface area (Å²) in [5.74, 6) is 2.61. The summed E-state index contributed by atoms with van der Waals surface area (Å²) in [6.07, 6.45) is 4.71. The van der Waals surface area contributed by atoms with Crippen molar-refractivity contribution in [2.24, 2.45) is 0 Å². The van der Waals surface area contributed by atoms with Gasteiger partial charge >= 0.3 is 0 Å². The first-order chi connectivity index (χ1) is 20.2. The summed E-state index contributed by atoms with van der Waals surface area (Å²) in [7, 11) is 0. The first kappa shape index (κ1) is 28.1. The highest BCUT2D eigenvalue weighted by atomic mass is 16.5. The molecule has 0 amide bonds. The Morgan fingerprint density at radius 1 is 0.537 bits per heavy atom. The Labute approximate surface area is 243 Å². The molecule has 0 aliphatic heterocycles. The number of phenolic OH excluding ortho intramolecular Hbond substituents is 1. The third-order valence-corrected chi connectivity index (χ3v) is 7.17. The highest BCUT2D eigenvalue weighted by molar-refractivity contribution is 5.86. The zero-order valence-corrected chi connectivity index (χ0v) is 23.7. The van der Waals surface area contributed by atoms with Gasteiger partial charge in [-0.3, -0.25) is 0 Å². The van der Waals surface area contributed by atoms with Gasteiger partial charge in [-0.25, -0.2) is 0 Å². The number of rotatable bonds is 14. The van der Waals surface area contributed by atoms with Crippen LogP contribution in [0.1, 0.15) is 48.4 Å². The summed E-state index contributed by atoms with van der Waals surface area (Å²) in [5.41, 5.74) is 4.42. The lowest BCUT2D eigenvalue weighted by molar-refractivity contribution is 0.256. The van der Waals surface area contributed by atoms with Gasteiger partial charge in [-0.15, -0.1) is 0 Å². The van der Waals surface area contributed by atoms with Crippen LogP contribution in [0, 0.1) is 0 Å². The van der Waals surface area contributed by atoms with E-state index in [1.165, 1.54) is 5.56 Å². The monoisotopic (exact) mass is 546 g/mol. The highest BCUT2D eigenvalue weighted by Crippen LogP contribution is 2.35. The summed E-state index contributed by atoms with van der Waals surface area (Å²) in [5, 5.41) is 12.4. The maximum Gasteiger partial charge on any atom is 0.162 e. The molecule has 0 aliphatic carbocycles. The van der Waals surface area contributed by atoms with Crippen LogP contribution in [-0.4, -0.2) is 11.7 Å². The Kier molecular flexibility index (Phi) is 9.78. The first-order valence-electron chi connectivity index (χ1n) is 14.5. The molecular weight excluding hydrogens is 508 g/mol. The minimum absolute atomic E-state index is 0.321. The summed E-state index contributed by atoms with van der Waals surface area (Å²) in [6, 6.07) is 36.7. The number of phenols is 1. The Hall–Kier alpha value is -4.44. The van der Waals surface area contributed by atoms with E-state index in [1.54, 1.807) is 6.07 Å². The molecule has 0 aliphatic rings. The van der Waals surface area contributed by atoms with E-state index in [0.717, 1.165) is 76.8 Å². The van der Waals surface area contributed by atoms with Gasteiger partial charge in [-0.05, 0) is 77.4 Å². The van der Waals surface area contributed by atoms with Gasteiger partial charge in [0.05, 0.1) is 6.61 Å². The van der Waals surface area contributed by atoms with E-state index in [1.807, 2.05) is 48.5 Å². The van der Waals surface area contributed by atoms with Crippen LogP contribution in [0.15, 0.2) is 109 Å². The molecule has 0 atom stereocenters. The molecule has 0 saturated carbocycles. The maximum absolute atomic E-state index is 10.2. The molecule has 1 N–H and O–H groups in total. The minimum Gasteiger partial charge on any atom is -0.508 e. The van der Waals surface area contributed by atoms with Crippen molar-refractivity contribution in [3.8, 4) is 23.0 Å². The Morgan fingerprint density at radius 3 is 1.85 bits per heavy atom. The smallest absolute Gasteiger partial charge is 0.162 e. The van der Waals surface area contributed by atoms with Crippen LogP contribution in [0.3, 0.4) is 0 Å². The third kappa shape index (κ3) is 7.82. The molecule has 5 aromatic carbocycles. The molecule has 5 aromatic rings. The number of hydrogen-bond acceptors (Lipinski definition) is 4. The second-order valence-corrected chi connectivity index (χ2v) is 10.3. The quantitative estimate of drug-likeness (QED) is 0.141. The van der Waals surface area contributed by atoms with Crippen molar-refractivity contribution >= 4 is 10.8 Å². The number of aromatic hydroxyl groups is 1. The second kappa shape index (κ2) is 14.3. The molecule has 0 fully saturated rings. The molecule has 0 unspecified atom stereocenters. The lowest BCUT2D eigenvalue weighted by Gasteiger charge is -2.15. The number of ether oxygens (including phenoxy) is 3. The van der Waals surface area contributed by atoms with Gasteiger partial charge in [0, 0.05) is 5.56 Å². The van der Waals surface area contributed by atoms with Gasteiger partial charge in [0.1, 0.15) is 24.7 Å². The van der Waals surface area contributed by atoms with Crippen LogP contribution < -0.4 is 14.2 Å². The van der Waals surface area contributed by atoms with Crippen LogP contribution >= 0.6 is 0 Å². The second-order valence-electron chi connectivity index (χ2n) is 10.3. The molecule has 0 bridgehead atoms. The van der Waals surface area contributed by atoms with Crippen molar-refractivity contribution in [2.75, 3.05) is 6.61 Å². The van der Waals surface area contributed by atoms with Gasteiger partial charge < -0.3 is 19.3 Å². The van der Waals surface area contributed by atoms with Crippen LogP contribution in [0.2, 0.25) is 0 Å². The van der Waals surface area contributed by atoms with E-state index in [0.29, 0.717) is 25.6 Å². The molecule has 5 rings (SSSR count). The molecule has 210 valence electrons. The highest BCUT2D eigenvalue weighted by Gasteiger charge is 2.11. The SMILES string of the molecule is CCCc1c(O)cccc1OCCCCc1ccc2cc(OCc3ccccc3)c(OCc3ccccc3)cc2c1. The van der Waals surface area contributed by atoms with Crippen molar-refractivity contribution in [1.82, 2.24) is 0 Å². The summed E-state index contributed by atoms with van der Waals surface area (Å²) in [4.78, 5) is 0. The molecule has 41 heavy (non-hydrogen) atoms. The van der Waals surface area contributed by atoms with E-state index in [9.17, 15) is 5.11 Å². The Morgan fingerprint density at radius 2 is 1.20 bits per heavy atom. The molecule has 4 heteroatoms. The van der Waals surface area contributed by atoms with Gasteiger partial charge in [0.15, 0.2) is 11.5 Å². The van der Waals surface area contributed by atoms with E-state index in [4.69, 9.17) is 14.2 Å². The molecule has 0 aromatic heterocycles. The van der Waals surface area contributed by atoms with Crippen LogP contribution in [0.25, 0.3) is 10.8 Å². The van der Waals surface area contributed by atoms with Crippen molar-refractivity contribution in [3.63, 3.8) is 0 Å². The van der Waals surface area contributed by atoms with Crippen LogP contribution in [-0.2, 0) is 26.1 Å². The first-order valence-corrected chi connectivity index (χ1v) is 14.5. The standard InChI is InChI=1S/C37H38O4/c1-2-12-33-34(38)18-11-19-35(33)39-22-10-9-13-28-20-21-31-24-36(40-26-29-14-5-3-6-15-29)37(25-32(31)23-28)41-27-30-16-7-4-8-17-30/h3-8,11,14-21,23-25,38H,2,9-10,12-13,22,26-27H2,1H3. The summed E-state index contributed by atoms with van der Waals surface area (Å²) < 4.78 is 18.6. The maximum atomic E-state index is 10.2. The van der Waals surface area contributed by atoms with E-state index in [2.05, 4.69) is 61.5 Å². The lowest BCUT2D eigenvalue weighted by atomic mass is 10.0. The van der Waals surface area contributed by atoms with E-state index < -0.39 is 0 Å². The summed E-state index contributed by atoms with van der Waals surface area (Å²) in [6.45, 7) is 3.70. The number of fused-ring (bicyclic) bond motifs is 1. The summed E-state index contributed by atoms with van der Waals surface area (Å²) >= 11 is 0. The predicted molar refractivity (Wildman–Crippen MR) is 166 cm³/mol. The fourth-order valence-corrected chi connectivity index (χ4v) is 4.96. The topological polar surface area (TPSA) is 47.9 Å². The zero-order chi connectivity index (χ0) is 28.3. The van der Waals surface area contributed by atoms with Crippen LogP contribution in [0.5, 0.6) is 23.0 Å². The average molecular weight is 547 g/mol. The molecule has 0 heterocycles. The number of unbranched alkanes of at least 4 members (excludes halogenated alkanes) is 1. The normalized spacial score (nSPS) is 11.0. The van der Waals surface area contributed by atoms with E-state index >= 15 is 0 Å². The van der Waals surface area contributed by atoms with Crippen molar-refractivity contribution in [2.45, 2.75) is 52.2 Å². The molecule has 0 saturated heterocycles. The van der Waals surface area contributed by atoms with Crippen molar-refractivity contribution < 1.29 is 19.3 Å². The average Bonchev–Trinajstić information content (AvgIpc) is 3.01. The van der Waals surface area contributed by atoms with E-state index in [-0.39, 0.29) is 0 Å². The molecule has 0 radical (unpaired) electrons. The number of benzene rings is 5. The van der Waals surface area contributed by atoms with Crippen molar-refractivity contribution in [1.29, 1.82) is 0 Å². The van der Waals surface area contributed by atoms with Gasteiger partial charge in [-0.2, -0.15) is 0 Å².